The first-order valence-electron chi connectivity index (χ1n) is 14.8. The largest absolute Gasteiger partial charge is 0.480 e. The number of carbonyl (C=O) groups is 6. The van der Waals surface area contributed by atoms with Crippen LogP contribution in [-0.4, -0.2) is 86.3 Å². The molecule has 2 atom stereocenters. The second-order valence-corrected chi connectivity index (χ2v) is 11.8. The number of hydrogen-bond acceptors (Lipinski definition) is 10. The van der Waals surface area contributed by atoms with Gasteiger partial charge in [0.15, 0.2) is 0 Å². The van der Waals surface area contributed by atoms with Crippen LogP contribution < -0.4 is 21.3 Å². The molecule has 2 heterocycles. The maximum atomic E-state index is 13.0. The van der Waals surface area contributed by atoms with Crippen LogP contribution in [0.25, 0.3) is 11.0 Å². The second-order valence-electron chi connectivity index (χ2n) is 11.8. The molecule has 2 aromatic carbocycles. The van der Waals surface area contributed by atoms with E-state index in [1.807, 2.05) is 6.07 Å². The highest BCUT2D eigenvalue weighted by Crippen LogP contribution is 2.22. The van der Waals surface area contributed by atoms with E-state index in [4.69, 9.17) is 14.6 Å². The number of nitrogens with zero attached hydrogens (tertiary/aromatic N) is 3. The van der Waals surface area contributed by atoms with Gasteiger partial charge in [-0.3, -0.25) is 19.3 Å². The lowest BCUT2D eigenvalue weighted by Crippen LogP contribution is -2.38. The van der Waals surface area contributed by atoms with E-state index in [1.165, 1.54) is 17.6 Å². The van der Waals surface area contributed by atoms with Crippen molar-refractivity contribution >= 4 is 58.7 Å². The van der Waals surface area contributed by atoms with Crippen LogP contribution >= 0.6 is 0 Å². The molecule has 0 aliphatic carbocycles. The Bertz CT molecular complexity index is 1680. The number of imidazole rings is 1. The van der Waals surface area contributed by atoms with Gasteiger partial charge in [-0.2, -0.15) is 0 Å². The summed E-state index contributed by atoms with van der Waals surface area (Å²) in [5, 5.41) is 19.3. The van der Waals surface area contributed by atoms with Gasteiger partial charge in [-0.15, -0.1) is 0 Å². The zero-order chi connectivity index (χ0) is 34.3. The molecule has 16 nitrogen and oxygen atoms in total. The van der Waals surface area contributed by atoms with E-state index in [1.54, 1.807) is 57.2 Å². The fraction of sp³-hybridized carbons (Fsp3) is 0.387. The molecule has 5 amide bonds. The molecule has 1 saturated heterocycles. The molecule has 250 valence electrons. The van der Waals surface area contributed by atoms with Gasteiger partial charge in [0.1, 0.15) is 30.8 Å². The molecule has 5 N–H and O–H groups in total. The molecule has 1 aromatic heterocycles. The van der Waals surface area contributed by atoms with Gasteiger partial charge in [0, 0.05) is 12.2 Å². The van der Waals surface area contributed by atoms with Crippen molar-refractivity contribution in [3.8, 4) is 0 Å². The van der Waals surface area contributed by atoms with Crippen molar-refractivity contribution in [1.29, 1.82) is 0 Å². The number of aromatic nitrogens is 2. The predicted octanol–water partition coefficient (Wildman–Crippen LogP) is 3.27. The van der Waals surface area contributed by atoms with E-state index in [9.17, 15) is 28.8 Å². The molecule has 1 aliphatic heterocycles. The maximum absolute atomic E-state index is 13.0. The number of alkyl carbamates (subject to hydrolysis) is 1. The summed E-state index contributed by atoms with van der Waals surface area (Å²) in [6.07, 6.45) is -0.811. The van der Waals surface area contributed by atoms with E-state index in [-0.39, 0.29) is 19.0 Å². The van der Waals surface area contributed by atoms with Gasteiger partial charge < -0.3 is 35.8 Å². The number of carboxylic acids is 1. The molecule has 0 spiro atoms. The first-order valence-corrected chi connectivity index (χ1v) is 14.8. The smallest absolute Gasteiger partial charge is 0.421 e. The highest BCUT2D eigenvalue weighted by atomic mass is 16.6. The zero-order valence-electron chi connectivity index (χ0n) is 26.4. The number of ether oxygens (including phenoxy) is 2. The Morgan fingerprint density at radius 3 is 2.55 bits per heavy atom. The van der Waals surface area contributed by atoms with E-state index in [2.05, 4.69) is 26.3 Å². The van der Waals surface area contributed by atoms with Crippen LogP contribution in [0.1, 0.15) is 46.1 Å². The number of carboxylic acid groups (broad SMARTS) is 1. The molecular weight excluding hydrogens is 614 g/mol. The first-order chi connectivity index (χ1) is 22.2. The number of aliphatic carboxylic acids is 1. The third-order valence-electron chi connectivity index (χ3n) is 6.78. The monoisotopic (exact) mass is 651 g/mol. The van der Waals surface area contributed by atoms with E-state index in [0.29, 0.717) is 35.2 Å². The minimum Gasteiger partial charge on any atom is -0.480 e. The van der Waals surface area contributed by atoms with E-state index < -0.39 is 60.2 Å². The summed E-state index contributed by atoms with van der Waals surface area (Å²) in [6, 6.07) is 10.8. The number of anilines is 2. The quantitative estimate of drug-likeness (QED) is 0.142. The van der Waals surface area contributed by atoms with E-state index >= 15 is 0 Å². The SMILES string of the molecule is C[C@H](NC(=O)OCc1cccc(NC(=O)CN2C(=O)N[C@@H](CCCNc3nc4ccccc4n3C(=O)OC(C)(C)C)C2=O)c1)C(=O)O. The molecule has 1 fully saturated rings. The highest BCUT2D eigenvalue weighted by molar-refractivity contribution is 6.07. The average molecular weight is 652 g/mol. The Kier molecular flexibility index (Phi) is 10.6. The van der Waals surface area contributed by atoms with Crippen molar-refractivity contribution in [2.45, 2.75) is 64.8 Å². The molecule has 0 radical (unpaired) electrons. The minimum atomic E-state index is -1.21. The number of hydrogen-bond donors (Lipinski definition) is 5. The third kappa shape index (κ3) is 9.18. The van der Waals surface area contributed by atoms with Gasteiger partial charge in [0.25, 0.3) is 5.91 Å². The summed E-state index contributed by atoms with van der Waals surface area (Å²) < 4.78 is 11.9. The van der Waals surface area contributed by atoms with Crippen molar-refractivity contribution in [1.82, 2.24) is 25.1 Å². The number of amides is 5. The van der Waals surface area contributed by atoms with Crippen LogP contribution in [-0.2, 0) is 30.5 Å². The topological polar surface area (TPSA) is 210 Å². The van der Waals surface area contributed by atoms with E-state index in [0.717, 1.165) is 4.90 Å². The van der Waals surface area contributed by atoms with Crippen LogP contribution in [0.2, 0.25) is 0 Å². The minimum absolute atomic E-state index is 0.190. The van der Waals surface area contributed by atoms with Gasteiger partial charge in [-0.1, -0.05) is 24.3 Å². The van der Waals surface area contributed by atoms with Crippen molar-refractivity contribution in [3.05, 3.63) is 54.1 Å². The summed E-state index contributed by atoms with van der Waals surface area (Å²) >= 11 is 0. The molecular formula is C31H37N7O9. The van der Waals surface area contributed by atoms with Crippen LogP contribution in [0.15, 0.2) is 48.5 Å². The lowest BCUT2D eigenvalue weighted by atomic mass is 10.1. The number of para-hydroxylation sites is 2. The standard InChI is InChI=1S/C31H37N7O9/c1-18(26(41)42)33-29(44)46-17-19-9-7-10-20(15-19)34-24(39)16-37-25(40)22(36-28(37)43)12-8-14-32-27-35-21-11-5-6-13-23(21)38(27)30(45)47-31(2,3)4/h5-7,9-11,13,15,18,22H,8,12,14,16-17H2,1-4H3,(H,32,35)(H,33,44)(H,34,39)(H,36,43)(H,41,42)/t18-,22-/m0/s1. The average Bonchev–Trinajstić information content (AvgIpc) is 3.49. The Morgan fingerprint density at radius 2 is 1.83 bits per heavy atom. The van der Waals surface area contributed by atoms with Crippen molar-refractivity contribution in [3.63, 3.8) is 0 Å². The second kappa shape index (κ2) is 14.6. The molecule has 0 unspecified atom stereocenters. The Morgan fingerprint density at radius 1 is 1.09 bits per heavy atom. The summed E-state index contributed by atoms with van der Waals surface area (Å²) in [7, 11) is 0. The van der Waals surface area contributed by atoms with Crippen molar-refractivity contribution in [2.24, 2.45) is 0 Å². The van der Waals surface area contributed by atoms with Gasteiger partial charge in [-0.05, 0) is 70.4 Å². The molecule has 1 aliphatic rings. The Balaban J connectivity index is 1.26. The number of carbonyl (C=O) groups excluding carboxylic acids is 5. The molecule has 47 heavy (non-hydrogen) atoms. The molecule has 0 saturated carbocycles. The van der Waals surface area contributed by atoms with Gasteiger partial charge in [-0.25, -0.2) is 23.9 Å². The molecule has 4 rings (SSSR count). The van der Waals surface area contributed by atoms with Gasteiger partial charge in [0.2, 0.25) is 11.9 Å². The van der Waals surface area contributed by atoms with Crippen LogP contribution in [0.5, 0.6) is 0 Å². The Hall–Kier alpha value is -5.67. The fourth-order valence-corrected chi connectivity index (χ4v) is 4.58. The molecule has 16 heteroatoms. The van der Waals surface area contributed by atoms with Crippen molar-refractivity contribution in [2.75, 3.05) is 23.7 Å². The predicted molar refractivity (Wildman–Crippen MR) is 169 cm³/mol. The number of urea groups is 1. The fourth-order valence-electron chi connectivity index (χ4n) is 4.58. The summed E-state index contributed by atoms with van der Waals surface area (Å²) in [4.78, 5) is 79.1. The summed E-state index contributed by atoms with van der Waals surface area (Å²) in [6.45, 7) is 6.21. The lowest BCUT2D eigenvalue weighted by molar-refractivity contribution is -0.138. The van der Waals surface area contributed by atoms with Crippen LogP contribution in [0, 0.1) is 0 Å². The number of imide groups is 1. The van der Waals surface area contributed by atoms with Gasteiger partial charge in [0.05, 0.1) is 11.0 Å². The normalized spacial score (nSPS) is 15.1. The zero-order valence-corrected chi connectivity index (χ0v) is 26.4. The van der Waals surface area contributed by atoms with Crippen molar-refractivity contribution < 1.29 is 43.3 Å². The lowest BCUT2D eigenvalue weighted by Gasteiger charge is -2.20. The summed E-state index contributed by atoms with van der Waals surface area (Å²) in [5.74, 6) is -2.10. The Labute approximate surface area is 269 Å². The summed E-state index contributed by atoms with van der Waals surface area (Å²) in [5.41, 5.74) is 1.30. The first kappa shape index (κ1) is 34.2. The number of benzene rings is 2. The number of fused-ring (bicyclic) bond motifs is 1. The highest BCUT2D eigenvalue weighted by Gasteiger charge is 2.38. The number of rotatable bonds is 12. The maximum Gasteiger partial charge on any atom is 0.421 e. The van der Waals surface area contributed by atoms with Crippen LogP contribution in [0.4, 0.5) is 26.0 Å². The van der Waals surface area contributed by atoms with Gasteiger partial charge >= 0.3 is 24.2 Å². The molecule has 3 aromatic rings. The van der Waals surface area contributed by atoms with Crippen LogP contribution in [0.3, 0.4) is 0 Å². The molecule has 0 bridgehead atoms. The third-order valence-corrected chi connectivity index (χ3v) is 6.78. The number of nitrogens with one attached hydrogen (secondary N) is 4.